The molecular weight excluding hydrogens is 176 g/mol. The zero-order chi connectivity index (χ0) is 9.14. The molecule has 1 aromatic rings. The Morgan fingerprint density at radius 3 is 2.67 bits per heavy atom. The average molecular weight is 184 g/mol. The third-order valence-corrected chi connectivity index (χ3v) is 2.01. The molecule has 3 nitrogen and oxygen atoms in total. The largest absolute Gasteiger partial charge is 0.504 e. The zero-order valence-corrected chi connectivity index (χ0v) is 7.26. The fourth-order valence-electron chi connectivity index (χ4n) is 0.806. The highest BCUT2D eigenvalue weighted by atomic mass is 32.2. The summed E-state index contributed by atoms with van der Waals surface area (Å²) in [5, 5.41) is 18.0. The van der Waals surface area contributed by atoms with E-state index in [-0.39, 0.29) is 22.2 Å². The van der Waals surface area contributed by atoms with Crippen LogP contribution in [0.3, 0.4) is 0 Å². The van der Waals surface area contributed by atoms with Gasteiger partial charge in [-0.05, 0) is 18.4 Å². The maximum Gasteiger partial charge on any atom is 0.222 e. The van der Waals surface area contributed by atoms with Gasteiger partial charge in [-0.15, -0.1) is 0 Å². The molecule has 0 heterocycles. The summed E-state index contributed by atoms with van der Waals surface area (Å²) in [5.74, 6) is -0.619. The van der Waals surface area contributed by atoms with E-state index in [1.165, 1.54) is 18.2 Å². The van der Waals surface area contributed by atoms with Crippen LogP contribution in [-0.2, 0) is 0 Å². The number of benzene rings is 1. The molecule has 0 saturated carbocycles. The van der Waals surface area contributed by atoms with Gasteiger partial charge in [-0.3, -0.25) is 4.79 Å². The van der Waals surface area contributed by atoms with Crippen molar-refractivity contribution >= 4 is 16.9 Å². The normalized spacial score (nSPS) is 9.75. The minimum absolute atomic E-state index is 0.141. The van der Waals surface area contributed by atoms with E-state index in [1.54, 1.807) is 6.26 Å². The van der Waals surface area contributed by atoms with Gasteiger partial charge in [0.25, 0.3) is 0 Å². The minimum Gasteiger partial charge on any atom is -0.504 e. The van der Waals surface area contributed by atoms with Crippen molar-refractivity contribution in [2.45, 2.75) is 0 Å². The van der Waals surface area contributed by atoms with Gasteiger partial charge in [0.15, 0.2) is 11.5 Å². The quantitative estimate of drug-likeness (QED) is 0.651. The van der Waals surface area contributed by atoms with Crippen LogP contribution in [0, 0.1) is 0 Å². The van der Waals surface area contributed by atoms with Gasteiger partial charge in [-0.2, -0.15) is 0 Å². The van der Waals surface area contributed by atoms with Crippen LogP contribution in [0.1, 0.15) is 10.4 Å². The predicted molar refractivity (Wildman–Crippen MR) is 47.6 cm³/mol. The molecule has 64 valence electrons. The highest BCUT2D eigenvalue weighted by Gasteiger charge is 2.11. The first-order chi connectivity index (χ1) is 5.66. The van der Waals surface area contributed by atoms with Gasteiger partial charge in [0.1, 0.15) is 0 Å². The van der Waals surface area contributed by atoms with Gasteiger partial charge in [-0.1, -0.05) is 17.8 Å². The lowest BCUT2D eigenvalue weighted by Gasteiger charge is -2.01. The summed E-state index contributed by atoms with van der Waals surface area (Å²) in [6.45, 7) is 0. The fraction of sp³-hybridized carbons (Fsp3) is 0.125. The molecule has 0 amide bonds. The number of phenolic OH excluding ortho intramolecular Hbond substituents is 2. The van der Waals surface area contributed by atoms with Crippen LogP contribution < -0.4 is 0 Å². The van der Waals surface area contributed by atoms with E-state index < -0.39 is 0 Å². The summed E-state index contributed by atoms with van der Waals surface area (Å²) in [7, 11) is 0. The molecule has 0 aromatic heterocycles. The Morgan fingerprint density at radius 2 is 2.08 bits per heavy atom. The van der Waals surface area contributed by atoms with Crippen LogP contribution >= 0.6 is 11.8 Å². The van der Waals surface area contributed by atoms with Crippen LogP contribution in [0.15, 0.2) is 18.2 Å². The van der Waals surface area contributed by atoms with Crippen LogP contribution in [0.2, 0.25) is 0 Å². The van der Waals surface area contributed by atoms with Gasteiger partial charge in [0, 0.05) is 0 Å². The van der Waals surface area contributed by atoms with Crippen molar-refractivity contribution in [3.8, 4) is 11.5 Å². The first-order valence-electron chi connectivity index (χ1n) is 3.26. The highest BCUT2D eigenvalue weighted by Crippen LogP contribution is 2.30. The van der Waals surface area contributed by atoms with E-state index in [9.17, 15) is 9.90 Å². The Morgan fingerprint density at radius 1 is 1.42 bits per heavy atom. The SMILES string of the molecule is CSC(=O)c1cccc(O)c1O. The predicted octanol–water partition coefficient (Wildman–Crippen LogP) is 1.60. The summed E-state index contributed by atoms with van der Waals surface area (Å²) < 4.78 is 0. The summed E-state index contributed by atoms with van der Waals surface area (Å²) in [6, 6.07) is 4.30. The molecule has 0 aliphatic carbocycles. The lowest BCUT2D eigenvalue weighted by Crippen LogP contribution is -1.92. The highest BCUT2D eigenvalue weighted by molar-refractivity contribution is 8.13. The van der Waals surface area contributed by atoms with Crippen molar-refractivity contribution in [3.63, 3.8) is 0 Å². The monoisotopic (exact) mass is 184 g/mol. The van der Waals surface area contributed by atoms with Gasteiger partial charge in [0.2, 0.25) is 5.12 Å². The van der Waals surface area contributed by atoms with E-state index in [0.717, 1.165) is 11.8 Å². The van der Waals surface area contributed by atoms with Crippen molar-refractivity contribution in [1.29, 1.82) is 0 Å². The van der Waals surface area contributed by atoms with Crippen molar-refractivity contribution in [2.24, 2.45) is 0 Å². The smallest absolute Gasteiger partial charge is 0.222 e. The first kappa shape index (κ1) is 8.93. The van der Waals surface area contributed by atoms with Crippen LogP contribution in [-0.4, -0.2) is 21.6 Å². The van der Waals surface area contributed by atoms with Gasteiger partial charge in [-0.25, -0.2) is 0 Å². The second-order valence-corrected chi connectivity index (χ2v) is 2.94. The lowest BCUT2D eigenvalue weighted by atomic mass is 10.2. The number of phenols is 2. The lowest BCUT2D eigenvalue weighted by molar-refractivity contribution is 0.108. The van der Waals surface area contributed by atoms with Crippen molar-refractivity contribution in [2.75, 3.05) is 6.26 Å². The molecule has 12 heavy (non-hydrogen) atoms. The molecule has 0 bridgehead atoms. The fourth-order valence-corrected chi connectivity index (χ4v) is 1.19. The second-order valence-electron chi connectivity index (χ2n) is 2.16. The molecule has 4 heteroatoms. The second kappa shape index (κ2) is 3.49. The Bertz CT molecular complexity index is 309. The van der Waals surface area contributed by atoms with E-state index in [0.29, 0.717) is 0 Å². The molecule has 0 aliphatic heterocycles. The van der Waals surface area contributed by atoms with Gasteiger partial charge >= 0.3 is 0 Å². The van der Waals surface area contributed by atoms with Crippen LogP contribution in [0.25, 0.3) is 0 Å². The number of aromatic hydroxyl groups is 2. The Hall–Kier alpha value is -1.16. The number of rotatable bonds is 1. The number of thioether (sulfide) groups is 1. The van der Waals surface area contributed by atoms with Crippen molar-refractivity contribution < 1.29 is 15.0 Å². The molecule has 0 aliphatic rings. The molecule has 0 saturated heterocycles. The summed E-state index contributed by atoms with van der Waals surface area (Å²) in [6.07, 6.45) is 1.62. The van der Waals surface area contributed by atoms with Crippen LogP contribution in [0.4, 0.5) is 0 Å². The first-order valence-corrected chi connectivity index (χ1v) is 4.48. The number of hydrogen-bond acceptors (Lipinski definition) is 4. The van der Waals surface area contributed by atoms with Gasteiger partial charge < -0.3 is 10.2 Å². The molecule has 2 N–H and O–H groups in total. The molecule has 0 fully saturated rings. The molecule has 0 spiro atoms. The standard InChI is InChI=1S/C8H8O3S/c1-12-8(11)5-3-2-4-6(9)7(5)10/h2-4,9-10H,1H3. The van der Waals surface area contributed by atoms with Gasteiger partial charge in [0.05, 0.1) is 5.56 Å². The maximum absolute atomic E-state index is 11.1. The average Bonchev–Trinajstić information content (AvgIpc) is 2.08. The number of para-hydroxylation sites is 1. The Labute approximate surface area is 74.0 Å². The molecule has 1 rings (SSSR count). The number of carbonyl (C=O) groups is 1. The molecular formula is C8H8O3S. The molecule has 0 atom stereocenters. The summed E-state index contributed by atoms with van der Waals surface area (Å²) >= 11 is 0.991. The van der Waals surface area contributed by atoms with Crippen molar-refractivity contribution in [1.82, 2.24) is 0 Å². The minimum atomic E-state index is -0.350. The molecule has 1 aromatic carbocycles. The third kappa shape index (κ3) is 1.53. The van der Waals surface area contributed by atoms with Crippen LogP contribution in [0.5, 0.6) is 11.5 Å². The topological polar surface area (TPSA) is 57.5 Å². The zero-order valence-electron chi connectivity index (χ0n) is 6.44. The summed E-state index contributed by atoms with van der Waals surface area (Å²) in [4.78, 5) is 11.1. The molecule has 0 unspecified atom stereocenters. The van der Waals surface area contributed by atoms with E-state index in [1.807, 2.05) is 0 Å². The number of hydrogen-bond donors (Lipinski definition) is 2. The van der Waals surface area contributed by atoms with Crippen molar-refractivity contribution in [3.05, 3.63) is 23.8 Å². The molecule has 0 radical (unpaired) electrons. The Kier molecular flexibility index (Phi) is 2.60. The Balaban J connectivity index is 3.16. The van der Waals surface area contributed by atoms with E-state index >= 15 is 0 Å². The van der Waals surface area contributed by atoms with E-state index in [4.69, 9.17) is 5.11 Å². The van der Waals surface area contributed by atoms with E-state index in [2.05, 4.69) is 0 Å². The third-order valence-electron chi connectivity index (χ3n) is 1.42. The number of carbonyl (C=O) groups excluding carboxylic acids is 1. The maximum atomic E-state index is 11.1. The summed E-state index contributed by atoms with van der Waals surface area (Å²) in [5.41, 5.74) is 0.141.